The zero-order chi connectivity index (χ0) is 16.7. The number of hydrogen-bond acceptors (Lipinski definition) is 2. The fourth-order valence-corrected chi connectivity index (χ4v) is 4.42. The summed E-state index contributed by atoms with van der Waals surface area (Å²) in [5, 5.41) is 0. The van der Waals surface area contributed by atoms with Crippen molar-refractivity contribution in [3.8, 4) is 0 Å². The number of ketones is 1. The van der Waals surface area contributed by atoms with Crippen LogP contribution in [0.4, 0.5) is 0 Å². The van der Waals surface area contributed by atoms with Crippen LogP contribution in [0.1, 0.15) is 24.2 Å². The molecule has 0 fully saturated rings. The SMILES string of the molecule is CC1=C(Br)C(=O)C(Br)(Br)[C@](C)(Br)C1=NC(=O)c1ccccc1. The monoisotopic (exact) mass is 553 g/mol. The predicted octanol–water partition coefficient (Wildman–Crippen LogP) is 5.16. The highest BCUT2D eigenvalue weighted by Crippen LogP contribution is 2.52. The summed E-state index contributed by atoms with van der Waals surface area (Å²) in [6, 6.07) is 8.80. The second-order valence-corrected chi connectivity index (χ2v) is 10.8. The molecule has 1 amide bonds. The van der Waals surface area contributed by atoms with Crippen molar-refractivity contribution in [2.45, 2.75) is 21.4 Å². The van der Waals surface area contributed by atoms with E-state index in [0.29, 0.717) is 21.3 Å². The van der Waals surface area contributed by atoms with Crippen LogP contribution in [0.3, 0.4) is 0 Å². The molecular formula is C15H11Br4NO2. The number of Topliss-reactive ketones (excluding diaryl/α,β-unsaturated/α-hetero) is 1. The van der Waals surface area contributed by atoms with E-state index in [2.05, 4.69) is 68.7 Å². The number of nitrogens with zero attached hydrogens (tertiary/aromatic N) is 1. The van der Waals surface area contributed by atoms with Crippen LogP contribution in [-0.2, 0) is 4.79 Å². The van der Waals surface area contributed by atoms with Crippen LogP contribution < -0.4 is 0 Å². The Bertz CT molecular complexity index is 706. The number of hydrogen-bond donors (Lipinski definition) is 0. The van der Waals surface area contributed by atoms with Crippen molar-refractivity contribution in [2.75, 3.05) is 0 Å². The van der Waals surface area contributed by atoms with Crippen LogP contribution in [0, 0.1) is 0 Å². The second-order valence-electron chi connectivity index (χ2n) is 4.98. The van der Waals surface area contributed by atoms with Gasteiger partial charge in [0.05, 0.1) is 14.5 Å². The van der Waals surface area contributed by atoms with E-state index in [0.717, 1.165) is 0 Å². The highest BCUT2D eigenvalue weighted by atomic mass is 79.9. The van der Waals surface area contributed by atoms with Crippen molar-refractivity contribution in [1.82, 2.24) is 0 Å². The van der Waals surface area contributed by atoms with Gasteiger partial charge >= 0.3 is 0 Å². The number of carbonyl (C=O) groups is 2. The molecule has 1 aliphatic rings. The van der Waals surface area contributed by atoms with Gasteiger partial charge in [0.15, 0.2) is 9.02 Å². The fraction of sp³-hybridized carbons (Fsp3) is 0.267. The summed E-state index contributed by atoms with van der Waals surface area (Å²) in [6.45, 7) is 3.54. The molecule has 22 heavy (non-hydrogen) atoms. The van der Waals surface area contributed by atoms with Crippen molar-refractivity contribution >= 4 is 81.1 Å². The highest BCUT2D eigenvalue weighted by molar-refractivity contribution is 9.27. The molecule has 0 aromatic heterocycles. The first-order valence-electron chi connectivity index (χ1n) is 6.27. The molecule has 0 radical (unpaired) electrons. The quantitative estimate of drug-likeness (QED) is 0.449. The third-order valence-corrected chi connectivity index (χ3v) is 8.73. The third-order valence-electron chi connectivity index (χ3n) is 3.44. The van der Waals surface area contributed by atoms with Gasteiger partial charge in [-0.3, -0.25) is 9.59 Å². The summed E-state index contributed by atoms with van der Waals surface area (Å²) in [5.41, 5.74) is 1.61. The topological polar surface area (TPSA) is 46.5 Å². The smallest absolute Gasteiger partial charge is 0.277 e. The molecule has 7 heteroatoms. The van der Waals surface area contributed by atoms with Crippen molar-refractivity contribution in [1.29, 1.82) is 0 Å². The van der Waals surface area contributed by atoms with Crippen molar-refractivity contribution < 1.29 is 9.59 Å². The summed E-state index contributed by atoms with van der Waals surface area (Å²) in [5.74, 6) is -0.526. The Kier molecular flexibility index (Phi) is 5.32. The average Bonchev–Trinajstić information content (AvgIpc) is 2.49. The summed E-state index contributed by atoms with van der Waals surface area (Å²) in [4.78, 5) is 29.0. The summed E-state index contributed by atoms with van der Waals surface area (Å²) in [6.07, 6.45) is 0. The highest BCUT2D eigenvalue weighted by Gasteiger charge is 2.56. The molecule has 116 valence electrons. The molecule has 1 aromatic carbocycles. The Labute approximate surface area is 162 Å². The first kappa shape index (κ1) is 18.2. The number of aliphatic imine (C=N–C) groups is 1. The molecule has 0 unspecified atom stereocenters. The molecule has 0 saturated carbocycles. The van der Waals surface area contributed by atoms with E-state index in [1.165, 1.54) is 0 Å². The van der Waals surface area contributed by atoms with E-state index < -0.39 is 7.56 Å². The van der Waals surface area contributed by atoms with Crippen LogP contribution in [-0.4, -0.2) is 25.0 Å². The lowest BCUT2D eigenvalue weighted by atomic mass is 9.87. The van der Waals surface area contributed by atoms with Crippen molar-refractivity contribution in [2.24, 2.45) is 4.99 Å². The maximum Gasteiger partial charge on any atom is 0.277 e. The molecule has 0 bridgehead atoms. The van der Waals surface area contributed by atoms with E-state index in [9.17, 15) is 9.59 Å². The molecule has 0 aliphatic heterocycles. The minimum absolute atomic E-state index is 0.171. The van der Waals surface area contributed by atoms with Gasteiger partial charge in [-0.05, 0) is 47.5 Å². The van der Waals surface area contributed by atoms with Crippen LogP contribution >= 0.6 is 63.7 Å². The lowest BCUT2D eigenvalue weighted by Gasteiger charge is -2.40. The molecule has 2 rings (SSSR count). The van der Waals surface area contributed by atoms with Crippen LogP contribution in [0.15, 0.2) is 45.4 Å². The van der Waals surface area contributed by atoms with E-state index in [1.807, 2.05) is 6.07 Å². The molecule has 0 N–H and O–H groups in total. The fourth-order valence-electron chi connectivity index (χ4n) is 2.06. The van der Waals surface area contributed by atoms with Gasteiger partial charge in [0.25, 0.3) is 5.91 Å². The number of allylic oxidation sites excluding steroid dienone is 2. The maximum absolute atomic E-state index is 12.4. The Hall–Kier alpha value is -0.110. The van der Waals surface area contributed by atoms with E-state index >= 15 is 0 Å². The Morgan fingerprint density at radius 2 is 1.68 bits per heavy atom. The molecule has 0 spiro atoms. The molecule has 1 aromatic rings. The van der Waals surface area contributed by atoms with Gasteiger partial charge in [0.2, 0.25) is 0 Å². The maximum atomic E-state index is 12.4. The van der Waals surface area contributed by atoms with Gasteiger partial charge in [-0.1, -0.05) is 66.0 Å². The molecule has 1 atom stereocenters. The summed E-state index contributed by atoms with van der Waals surface area (Å²) in [7, 11) is 0. The molecule has 3 nitrogen and oxygen atoms in total. The van der Waals surface area contributed by atoms with Crippen LogP contribution in [0.5, 0.6) is 0 Å². The molecule has 0 saturated heterocycles. The Morgan fingerprint density at radius 3 is 2.23 bits per heavy atom. The number of amides is 1. The van der Waals surface area contributed by atoms with Crippen molar-refractivity contribution in [3.05, 3.63) is 46.0 Å². The largest absolute Gasteiger partial charge is 0.291 e. The van der Waals surface area contributed by atoms with E-state index in [-0.39, 0.29) is 11.7 Å². The van der Waals surface area contributed by atoms with Crippen LogP contribution in [0.2, 0.25) is 0 Å². The summed E-state index contributed by atoms with van der Waals surface area (Å²) >= 11 is 13.6. The molecular weight excluding hydrogens is 546 g/mol. The van der Waals surface area contributed by atoms with Gasteiger partial charge in [0, 0.05) is 5.56 Å². The molecule has 0 heterocycles. The Balaban J connectivity index is 2.60. The van der Waals surface area contributed by atoms with Gasteiger partial charge in [0.1, 0.15) is 0 Å². The number of benzene rings is 1. The Morgan fingerprint density at radius 1 is 1.14 bits per heavy atom. The first-order chi connectivity index (χ1) is 10.1. The van der Waals surface area contributed by atoms with E-state index in [1.54, 1.807) is 38.1 Å². The van der Waals surface area contributed by atoms with Gasteiger partial charge in [-0.15, -0.1) is 0 Å². The third kappa shape index (κ3) is 2.97. The van der Waals surface area contributed by atoms with Crippen molar-refractivity contribution in [3.63, 3.8) is 0 Å². The van der Waals surface area contributed by atoms with Gasteiger partial charge < -0.3 is 0 Å². The number of rotatable bonds is 1. The molecule has 1 aliphatic carbocycles. The van der Waals surface area contributed by atoms with E-state index in [4.69, 9.17) is 0 Å². The number of carbonyl (C=O) groups excluding carboxylic acids is 2. The van der Waals surface area contributed by atoms with Gasteiger partial charge in [-0.25, -0.2) is 4.99 Å². The minimum atomic E-state index is -1.10. The van der Waals surface area contributed by atoms with Gasteiger partial charge in [-0.2, -0.15) is 0 Å². The normalized spacial score (nSPS) is 26.5. The lowest BCUT2D eigenvalue weighted by molar-refractivity contribution is -0.115. The van der Waals surface area contributed by atoms with Crippen LogP contribution in [0.25, 0.3) is 0 Å². The number of alkyl halides is 3. The minimum Gasteiger partial charge on any atom is -0.291 e. The first-order valence-corrected chi connectivity index (χ1v) is 9.44. The lowest BCUT2D eigenvalue weighted by Crippen LogP contribution is -2.54. The zero-order valence-electron chi connectivity index (χ0n) is 11.7. The predicted molar refractivity (Wildman–Crippen MR) is 103 cm³/mol. The number of halogens is 4. The summed E-state index contributed by atoms with van der Waals surface area (Å²) < 4.78 is -1.60. The zero-order valence-corrected chi connectivity index (χ0v) is 18.0. The second kappa shape index (κ2) is 6.42. The standard InChI is InChI=1S/C15H11Br4NO2/c1-8-10(16)12(21)15(18,19)14(2,17)11(8)20-13(22)9-6-4-3-5-7-9/h3-7H,1-2H3/t14-/m1/s1. The average molecular weight is 557 g/mol.